The van der Waals surface area contributed by atoms with Crippen molar-refractivity contribution in [1.82, 2.24) is 9.80 Å². The van der Waals surface area contributed by atoms with Crippen LogP contribution < -0.4 is 0 Å². The highest BCUT2D eigenvalue weighted by Gasteiger charge is 2.43. The van der Waals surface area contributed by atoms with Crippen LogP contribution in [0.5, 0.6) is 0 Å². The Morgan fingerprint density at radius 3 is 2.32 bits per heavy atom. The number of hydrogen-bond donors (Lipinski definition) is 1. The zero-order chi connectivity index (χ0) is 18.6. The second-order valence-electron chi connectivity index (χ2n) is 6.95. The van der Waals surface area contributed by atoms with Gasteiger partial charge in [-0.1, -0.05) is 44.2 Å². The molecule has 6 nitrogen and oxygen atoms in total. The molecule has 0 aliphatic carbocycles. The zero-order valence-electron chi connectivity index (χ0n) is 15.0. The fourth-order valence-corrected chi connectivity index (χ4v) is 3.21. The van der Waals surface area contributed by atoms with Crippen LogP contribution in [0.3, 0.4) is 0 Å². The zero-order valence-corrected chi connectivity index (χ0v) is 15.0. The summed E-state index contributed by atoms with van der Waals surface area (Å²) in [6.45, 7) is 6.15. The summed E-state index contributed by atoms with van der Waals surface area (Å²) in [5.41, 5.74) is 0.976. The van der Waals surface area contributed by atoms with Gasteiger partial charge in [-0.05, 0) is 24.8 Å². The maximum atomic E-state index is 13.0. The van der Waals surface area contributed by atoms with Crippen LogP contribution in [0.4, 0.5) is 0 Å². The second kappa shape index (κ2) is 8.14. The molecule has 1 saturated heterocycles. The van der Waals surface area contributed by atoms with Gasteiger partial charge in [0, 0.05) is 13.1 Å². The van der Waals surface area contributed by atoms with Gasteiger partial charge < -0.3 is 14.9 Å². The van der Waals surface area contributed by atoms with Gasteiger partial charge in [0.2, 0.25) is 11.8 Å². The van der Waals surface area contributed by atoms with E-state index in [9.17, 15) is 14.4 Å². The monoisotopic (exact) mass is 346 g/mol. The number of aliphatic carboxylic acids is 1. The van der Waals surface area contributed by atoms with E-state index in [0.717, 1.165) is 5.56 Å². The Morgan fingerprint density at radius 1 is 1.12 bits per heavy atom. The van der Waals surface area contributed by atoms with E-state index in [0.29, 0.717) is 13.0 Å². The summed E-state index contributed by atoms with van der Waals surface area (Å²) in [4.78, 5) is 39.8. The van der Waals surface area contributed by atoms with Crippen molar-refractivity contribution in [1.29, 1.82) is 0 Å². The van der Waals surface area contributed by atoms with Gasteiger partial charge in [0.25, 0.3) is 0 Å². The third-order valence-corrected chi connectivity index (χ3v) is 4.51. The lowest BCUT2D eigenvalue weighted by atomic mass is 9.95. The van der Waals surface area contributed by atoms with Crippen molar-refractivity contribution < 1.29 is 19.5 Å². The highest BCUT2D eigenvalue weighted by Crippen LogP contribution is 2.25. The molecular weight excluding hydrogens is 320 g/mol. The first-order valence-corrected chi connectivity index (χ1v) is 8.68. The summed E-state index contributed by atoms with van der Waals surface area (Å²) in [5, 5.41) is 8.91. The van der Waals surface area contributed by atoms with E-state index < -0.39 is 18.1 Å². The molecule has 25 heavy (non-hydrogen) atoms. The molecule has 2 atom stereocenters. The Kier molecular flexibility index (Phi) is 6.17. The highest BCUT2D eigenvalue weighted by atomic mass is 16.4. The summed E-state index contributed by atoms with van der Waals surface area (Å²) in [6.07, 6.45) is 0.407. The molecule has 0 bridgehead atoms. The molecule has 2 unspecified atom stereocenters. The van der Waals surface area contributed by atoms with E-state index in [1.165, 1.54) is 4.90 Å². The number of carbonyl (C=O) groups is 3. The van der Waals surface area contributed by atoms with Gasteiger partial charge in [0.15, 0.2) is 0 Å². The van der Waals surface area contributed by atoms with Crippen LogP contribution in [-0.4, -0.2) is 51.3 Å². The fraction of sp³-hybridized carbons (Fsp3) is 0.526. The molecule has 2 rings (SSSR count). The minimum absolute atomic E-state index is 0.0643. The molecule has 1 aromatic carbocycles. The van der Waals surface area contributed by atoms with Gasteiger partial charge in [-0.2, -0.15) is 0 Å². The van der Waals surface area contributed by atoms with Crippen LogP contribution in [0, 0.1) is 5.92 Å². The third-order valence-electron chi connectivity index (χ3n) is 4.51. The molecule has 1 aromatic rings. The summed E-state index contributed by atoms with van der Waals surface area (Å²) in [5.74, 6) is -1.01. The highest BCUT2D eigenvalue weighted by molar-refractivity contribution is 5.97. The first-order valence-electron chi connectivity index (χ1n) is 8.68. The summed E-state index contributed by atoms with van der Waals surface area (Å²) >= 11 is 0. The van der Waals surface area contributed by atoms with Gasteiger partial charge in [-0.3, -0.25) is 14.4 Å². The van der Waals surface area contributed by atoms with Crippen molar-refractivity contribution in [2.75, 3.05) is 6.54 Å². The topological polar surface area (TPSA) is 77.9 Å². The number of amides is 2. The Hall–Kier alpha value is -2.37. The number of nitrogens with zero attached hydrogens (tertiary/aromatic N) is 2. The van der Waals surface area contributed by atoms with Crippen molar-refractivity contribution in [3.8, 4) is 0 Å². The first-order chi connectivity index (χ1) is 11.8. The van der Waals surface area contributed by atoms with Crippen LogP contribution in [0.15, 0.2) is 30.3 Å². The second-order valence-corrected chi connectivity index (χ2v) is 6.95. The van der Waals surface area contributed by atoms with E-state index in [1.54, 1.807) is 11.8 Å². The first kappa shape index (κ1) is 19.0. The van der Waals surface area contributed by atoms with Crippen LogP contribution in [0.25, 0.3) is 0 Å². The maximum absolute atomic E-state index is 13.0. The minimum atomic E-state index is -0.973. The molecule has 136 valence electrons. The van der Waals surface area contributed by atoms with Crippen LogP contribution in [-0.2, 0) is 20.9 Å². The van der Waals surface area contributed by atoms with Crippen molar-refractivity contribution in [3.05, 3.63) is 35.9 Å². The van der Waals surface area contributed by atoms with Crippen LogP contribution in [0.2, 0.25) is 0 Å². The van der Waals surface area contributed by atoms with Gasteiger partial charge in [-0.25, -0.2) is 0 Å². The normalized spacial score (nSPS) is 21.1. The van der Waals surface area contributed by atoms with Crippen molar-refractivity contribution in [2.24, 2.45) is 5.92 Å². The number of hydrogen-bond acceptors (Lipinski definition) is 3. The predicted octanol–water partition coefficient (Wildman–Crippen LogP) is 2.14. The molecule has 0 saturated carbocycles. The maximum Gasteiger partial charge on any atom is 0.305 e. The summed E-state index contributed by atoms with van der Waals surface area (Å²) < 4.78 is 0. The Balaban J connectivity index is 2.26. The third kappa shape index (κ3) is 4.59. The van der Waals surface area contributed by atoms with E-state index in [-0.39, 0.29) is 30.7 Å². The summed E-state index contributed by atoms with van der Waals surface area (Å²) in [7, 11) is 0. The lowest BCUT2D eigenvalue weighted by Crippen LogP contribution is -2.64. The quantitative estimate of drug-likeness (QED) is 0.820. The standard InChI is InChI=1S/C19H26N2O4/c1-13(2)11-16-19(25)20(10-9-17(22)23)14(3)18(24)21(16)12-15-7-5-4-6-8-15/h4-8,13-14,16H,9-12H2,1-3H3,(H,22,23). The number of carboxylic acids is 1. The van der Waals surface area contributed by atoms with Gasteiger partial charge in [0.05, 0.1) is 6.42 Å². The molecule has 1 heterocycles. The Bertz CT molecular complexity index is 630. The number of benzene rings is 1. The SMILES string of the molecule is CC(C)CC1C(=O)N(CCC(=O)O)C(C)C(=O)N1Cc1ccccc1. The molecular formula is C19H26N2O4. The molecule has 1 N–H and O–H groups in total. The Morgan fingerprint density at radius 2 is 1.76 bits per heavy atom. The largest absolute Gasteiger partial charge is 0.481 e. The predicted molar refractivity (Wildman–Crippen MR) is 93.7 cm³/mol. The number of carboxylic acid groups (broad SMARTS) is 1. The van der Waals surface area contributed by atoms with Crippen LogP contribution >= 0.6 is 0 Å². The molecule has 2 amide bonds. The molecule has 0 spiro atoms. The lowest BCUT2D eigenvalue weighted by Gasteiger charge is -2.44. The molecule has 1 fully saturated rings. The molecule has 0 radical (unpaired) electrons. The fourth-order valence-electron chi connectivity index (χ4n) is 3.21. The average Bonchev–Trinajstić information content (AvgIpc) is 2.56. The molecule has 1 aliphatic heterocycles. The minimum Gasteiger partial charge on any atom is -0.481 e. The van der Waals surface area contributed by atoms with E-state index >= 15 is 0 Å². The lowest BCUT2D eigenvalue weighted by molar-refractivity contribution is -0.163. The van der Waals surface area contributed by atoms with E-state index in [4.69, 9.17) is 5.11 Å². The van der Waals surface area contributed by atoms with Gasteiger partial charge >= 0.3 is 5.97 Å². The molecule has 1 aliphatic rings. The van der Waals surface area contributed by atoms with Crippen molar-refractivity contribution >= 4 is 17.8 Å². The van der Waals surface area contributed by atoms with Gasteiger partial charge in [0.1, 0.15) is 12.1 Å². The number of carbonyl (C=O) groups excluding carboxylic acids is 2. The summed E-state index contributed by atoms with van der Waals surface area (Å²) in [6, 6.07) is 8.42. The number of piperazine rings is 1. The molecule has 0 aromatic heterocycles. The van der Waals surface area contributed by atoms with Crippen molar-refractivity contribution in [3.63, 3.8) is 0 Å². The van der Waals surface area contributed by atoms with Crippen molar-refractivity contribution in [2.45, 2.75) is 52.2 Å². The van der Waals surface area contributed by atoms with E-state index in [2.05, 4.69) is 0 Å². The average molecular weight is 346 g/mol. The molecule has 6 heteroatoms. The smallest absolute Gasteiger partial charge is 0.305 e. The van der Waals surface area contributed by atoms with Gasteiger partial charge in [-0.15, -0.1) is 0 Å². The van der Waals surface area contributed by atoms with E-state index in [1.807, 2.05) is 44.2 Å². The Labute approximate surface area is 148 Å². The van der Waals surface area contributed by atoms with Crippen LogP contribution in [0.1, 0.15) is 39.2 Å². The number of rotatable bonds is 7.